The molecule has 0 unspecified atom stereocenters. The molecule has 0 aliphatic heterocycles. The zero-order chi connectivity index (χ0) is 5.82. The van der Waals surface area contributed by atoms with E-state index in [1.165, 1.54) is 16.4 Å². The molecule has 1 rings (SSSR count). The fourth-order valence-electron chi connectivity index (χ4n) is 0.404. The van der Waals surface area contributed by atoms with Crippen LogP contribution in [0.5, 0.6) is 0 Å². The summed E-state index contributed by atoms with van der Waals surface area (Å²) in [6.07, 6.45) is 2.52. The van der Waals surface area contributed by atoms with Crippen LogP contribution in [0.1, 0.15) is 4.88 Å². The van der Waals surface area contributed by atoms with Gasteiger partial charge in [0.05, 0.1) is 0 Å². The maximum Gasteiger partial charge on any atom is 0.0409 e. The van der Waals surface area contributed by atoms with Gasteiger partial charge in [0.15, 0.2) is 0 Å². The first-order chi connectivity index (χ1) is 3.93. The minimum absolute atomic E-state index is 0.750. The zero-order valence-electron chi connectivity index (χ0n) is 4.13. The smallest absolute Gasteiger partial charge is 0.0409 e. The molecule has 1 aromatic heterocycles. The van der Waals surface area contributed by atoms with Gasteiger partial charge in [0.1, 0.15) is 0 Å². The molecule has 1 heterocycles. The summed E-state index contributed by atoms with van der Waals surface area (Å²) in [6.45, 7) is 0. The number of thiocarbonyl (C=S) groups is 1. The standard InChI is InChI=1S/C5H4NS2/c7-4-2-5-1-3-6-8-5/h1,3H,2H2. The van der Waals surface area contributed by atoms with Crippen LogP contribution in [0.3, 0.4) is 0 Å². The van der Waals surface area contributed by atoms with Gasteiger partial charge in [-0.1, -0.05) is 12.2 Å². The maximum atomic E-state index is 4.53. The average Bonchev–Trinajstić information content (AvgIpc) is 2.19. The summed E-state index contributed by atoms with van der Waals surface area (Å²) in [4.78, 5) is 1.18. The minimum atomic E-state index is 0.750. The lowest BCUT2D eigenvalue weighted by atomic mass is 10.4. The van der Waals surface area contributed by atoms with Crippen LogP contribution >= 0.6 is 23.8 Å². The van der Waals surface area contributed by atoms with Crippen LogP contribution in [-0.4, -0.2) is 9.74 Å². The van der Waals surface area contributed by atoms with Crippen molar-refractivity contribution in [2.75, 3.05) is 0 Å². The first kappa shape index (κ1) is 5.85. The van der Waals surface area contributed by atoms with E-state index in [-0.39, 0.29) is 0 Å². The lowest BCUT2D eigenvalue weighted by Gasteiger charge is -1.77. The predicted octanol–water partition coefficient (Wildman–Crippen LogP) is 1.56. The molecule has 0 aromatic carbocycles. The highest BCUT2D eigenvalue weighted by atomic mass is 32.1. The van der Waals surface area contributed by atoms with Crippen LogP contribution in [0.2, 0.25) is 0 Å². The van der Waals surface area contributed by atoms with Crippen LogP contribution in [0, 0.1) is 0 Å². The van der Waals surface area contributed by atoms with Crippen LogP contribution in [0.15, 0.2) is 12.3 Å². The quantitative estimate of drug-likeness (QED) is 0.581. The lowest BCUT2D eigenvalue weighted by molar-refractivity contribution is 1.49. The Kier molecular flexibility index (Phi) is 2.11. The summed E-state index contributed by atoms with van der Waals surface area (Å²) in [5, 5.41) is 2.62. The fourth-order valence-corrected chi connectivity index (χ4v) is 1.17. The second kappa shape index (κ2) is 2.89. The second-order valence-electron chi connectivity index (χ2n) is 1.30. The molecule has 0 spiro atoms. The fraction of sp³-hybridized carbons (Fsp3) is 0.200. The molecule has 0 aliphatic carbocycles. The Morgan fingerprint density at radius 2 is 2.75 bits per heavy atom. The highest BCUT2D eigenvalue weighted by Gasteiger charge is 1.87. The topological polar surface area (TPSA) is 12.9 Å². The number of hydrogen-bond acceptors (Lipinski definition) is 3. The molecule has 41 valence electrons. The largest absolute Gasteiger partial charge is 0.201 e. The second-order valence-corrected chi connectivity index (χ2v) is 2.51. The van der Waals surface area contributed by atoms with Gasteiger partial charge in [-0.25, -0.2) is 4.37 Å². The van der Waals surface area contributed by atoms with Gasteiger partial charge in [-0.15, -0.1) is 0 Å². The SMILES string of the molecule is S=[C]Cc1ccns1. The van der Waals surface area contributed by atoms with Crippen molar-refractivity contribution in [2.24, 2.45) is 0 Å². The van der Waals surface area contributed by atoms with Crippen molar-refractivity contribution in [1.29, 1.82) is 0 Å². The summed E-state index contributed by atoms with van der Waals surface area (Å²) < 4.78 is 3.90. The Morgan fingerprint density at radius 1 is 1.88 bits per heavy atom. The van der Waals surface area contributed by atoms with E-state index < -0.39 is 0 Å². The monoisotopic (exact) mass is 142 g/mol. The van der Waals surface area contributed by atoms with Gasteiger partial charge in [0.2, 0.25) is 0 Å². The maximum absolute atomic E-state index is 4.53. The number of rotatable bonds is 2. The molecule has 1 aromatic rings. The minimum Gasteiger partial charge on any atom is -0.201 e. The molecule has 3 heteroatoms. The van der Waals surface area contributed by atoms with E-state index in [4.69, 9.17) is 0 Å². The molecule has 0 atom stereocenters. The molecule has 0 N–H and O–H groups in total. The molecule has 1 radical (unpaired) electrons. The van der Waals surface area contributed by atoms with Crippen LogP contribution in [0.25, 0.3) is 0 Å². The van der Waals surface area contributed by atoms with E-state index in [0.717, 1.165) is 6.42 Å². The van der Waals surface area contributed by atoms with Crippen molar-refractivity contribution in [3.63, 3.8) is 0 Å². The summed E-state index contributed by atoms with van der Waals surface area (Å²) in [5.41, 5.74) is 0. The van der Waals surface area contributed by atoms with Crippen LogP contribution in [-0.2, 0) is 6.42 Å². The number of hydrogen-bond donors (Lipinski definition) is 0. The summed E-state index contributed by atoms with van der Waals surface area (Å²) in [5.74, 6) is 0. The third kappa shape index (κ3) is 1.35. The van der Waals surface area contributed by atoms with Gasteiger partial charge in [-0.2, -0.15) is 0 Å². The van der Waals surface area contributed by atoms with Gasteiger partial charge in [-0.3, -0.25) is 0 Å². The van der Waals surface area contributed by atoms with Crippen molar-refractivity contribution < 1.29 is 0 Å². The van der Waals surface area contributed by atoms with E-state index in [1.54, 1.807) is 6.20 Å². The molecule has 0 saturated carbocycles. The Hall–Kier alpha value is -0.280. The molecule has 1 nitrogen and oxygen atoms in total. The summed E-state index contributed by atoms with van der Waals surface area (Å²) >= 11 is 6.00. The summed E-state index contributed by atoms with van der Waals surface area (Å²) in [7, 11) is 0. The highest BCUT2D eigenvalue weighted by molar-refractivity contribution is 7.79. The van der Waals surface area contributed by atoms with Crippen molar-refractivity contribution in [1.82, 2.24) is 4.37 Å². The van der Waals surface area contributed by atoms with Crippen molar-refractivity contribution in [3.8, 4) is 0 Å². The van der Waals surface area contributed by atoms with Crippen molar-refractivity contribution in [2.45, 2.75) is 6.42 Å². The Morgan fingerprint density at radius 3 is 3.25 bits per heavy atom. The molecule has 0 aliphatic rings. The van der Waals surface area contributed by atoms with Crippen molar-refractivity contribution in [3.05, 3.63) is 17.1 Å². The lowest BCUT2D eigenvalue weighted by Crippen LogP contribution is -1.73. The van der Waals surface area contributed by atoms with Crippen molar-refractivity contribution >= 4 is 29.1 Å². The van der Waals surface area contributed by atoms with Crippen LogP contribution in [0.4, 0.5) is 0 Å². The predicted molar refractivity (Wildman–Crippen MR) is 38.4 cm³/mol. The van der Waals surface area contributed by atoms with Gasteiger partial charge in [0.25, 0.3) is 0 Å². The van der Waals surface area contributed by atoms with E-state index in [0.29, 0.717) is 0 Å². The third-order valence-electron chi connectivity index (χ3n) is 0.738. The normalized spacial score (nSPS) is 9.00. The Bertz CT molecular complexity index is 157. The first-order valence-electron chi connectivity index (χ1n) is 2.18. The third-order valence-corrected chi connectivity index (χ3v) is 1.62. The van der Waals surface area contributed by atoms with Crippen LogP contribution < -0.4 is 0 Å². The van der Waals surface area contributed by atoms with Gasteiger partial charge in [-0.05, 0) is 17.6 Å². The van der Waals surface area contributed by atoms with E-state index in [9.17, 15) is 0 Å². The van der Waals surface area contributed by atoms with E-state index in [2.05, 4.69) is 22.0 Å². The summed E-state index contributed by atoms with van der Waals surface area (Å²) in [6, 6.07) is 1.95. The molecular formula is C5H4NS2. The number of aromatic nitrogens is 1. The molecule has 0 fully saturated rings. The highest BCUT2D eigenvalue weighted by Crippen LogP contribution is 2.02. The van der Waals surface area contributed by atoms with Gasteiger partial charge in [0, 0.05) is 22.9 Å². The van der Waals surface area contributed by atoms with E-state index in [1.807, 2.05) is 6.07 Å². The van der Waals surface area contributed by atoms with Gasteiger partial charge >= 0.3 is 0 Å². The van der Waals surface area contributed by atoms with Gasteiger partial charge < -0.3 is 0 Å². The molecule has 0 amide bonds. The average molecular weight is 142 g/mol. The molecular weight excluding hydrogens is 138 g/mol. The zero-order valence-corrected chi connectivity index (χ0v) is 5.76. The molecule has 0 bridgehead atoms. The first-order valence-corrected chi connectivity index (χ1v) is 3.36. The molecule has 0 saturated heterocycles. The Balaban J connectivity index is 2.62. The Labute approximate surface area is 57.5 Å². The molecule has 8 heavy (non-hydrogen) atoms. The number of nitrogens with zero attached hydrogens (tertiary/aromatic N) is 1. The van der Waals surface area contributed by atoms with E-state index >= 15 is 0 Å².